The number of hydrogen-bond donors (Lipinski definition) is 2. The van der Waals surface area contributed by atoms with Gasteiger partial charge in [0.25, 0.3) is 0 Å². The first-order chi connectivity index (χ1) is 9.21. The summed E-state index contributed by atoms with van der Waals surface area (Å²) in [5.74, 6) is -0.247. The number of hydrogen-bond acceptors (Lipinski definition) is 5. The monoisotopic (exact) mass is 256 g/mol. The summed E-state index contributed by atoms with van der Waals surface area (Å²) in [6.07, 6.45) is 1.62. The minimum atomic E-state index is -0.247. The van der Waals surface area contributed by atoms with E-state index in [0.29, 0.717) is 16.9 Å². The molecule has 1 aromatic heterocycles. The van der Waals surface area contributed by atoms with Crippen molar-refractivity contribution in [2.75, 3.05) is 5.32 Å². The van der Waals surface area contributed by atoms with Gasteiger partial charge in [0, 0.05) is 12.2 Å². The number of nitriles is 1. The summed E-state index contributed by atoms with van der Waals surface area (Å²) in [5, 5.41) is 19.0. The van der Waals surface area contributed by atoms with Crippen LogP contribution < -0.4 is 11.1 Å². The van der Waals surface area contributed by atoms with E-state index in [-0.39, 0.29) is 19.0 Å². The lowest BCUT2D eigenvalue weighted by Gasteiger charge is -2.04. The number of nitrogens with one attached hydrogen (secondary N) is 1. The second-order valence-electron chi connectivity index (χ2n) is 3.85. The standard InChI is InChI=1S/C12H12N6O/c13-5-9-2-1-3-10(4-9)15-12(19)8-18-7-11(6-14)16-17-18/h1-4,7H,6,8,14H2,(H,15,19). The average molecular weight is 256 g/mol. The lowest BCUT2D eigenvalue weighted by Crippen LogP contribution is -2.19. The first kappa shape index (κ1) is 12.7. The van der Waals surface area contributed by atoms with Crippen LogP contribution in [-0.4, -0.2) is 20.9 Å². The van der Waals surface area contributed by atoms with Gasteiger partial charge in [0.1, 0.15) is 6.54 Å². The summed E-state index contributed by atoms with van der Waals surface area (Å²) in [6, 6.07) is 8.70. The highest BCUT2D eigenvalue weighted by Gasteiger charge is 2.06. The number of aromatic nitrogens is 3. The van der Waals surface area contributed by atoms with E-state index in [2.05, 4.69) is 15.6 Å². The van der Waals surface area contributed by atoms with Gasteiger partial charge in [0.05, 0.1) is 23.5 Å². The molecule has 0 aliphatic heterocycles. The van der Waals surface area contributed by atoms with Gasteiger partial charge in [-0.05, 0) is 18.2 Å². The van der Waals surface area contributed by atoms with E-state index in [0.717, 1.165) is 0 Å². The Balaban J connectivity index is 1.99. The van der Waals surface area contributed by atoms with E-state index in [9.17, 15) is 4.79 Å². The van der Waals surface area contributed by atoms with E-state index < -0.39 is 0 Å². The second-order valence-corrected chi connectivity index (χ2v) is 3.85. The van der Waals surface area contributed by atoms with E-state index in [4.69, 9.17) is 11.0 Å². The predicted molar refractivity (Wildman–Crippen MR) is 67.7 cm³/mol. The molecule has 0 saturated carbocycles. The van der Waals surface area contributed by atoms with Crippen LogP contribution in [0, 0.1) is 11.3 Å². The summed E-state index contributed by atoms with van der Waals surface area (Å²) in [7, 11) is 0. The zero-order chi connectivity index (χ0) is 13.7. The zero-order valence-electron chi connectivity index (χ0n) is 10.1. The van der Waals surface area contributed by atoms with Gasteiger partial charge >= 0.3 is 0 Å². The first-order valence-electron chi connectivity index (χ1n) is 5.60. The third kappa shape index (κ3) is 3.37. The van der Waals surface area contributed by atoms with Crippen LogP contribution in [0.3, 0.4) is 0 Å². The smallest absolute Gasteiger partial charge is 0.246 e. The van der Waals surface area contributed by atoms with Gasteiger partial charge in [0.15, 0.2) is 0 Å². The maximum atomic E-state index is 11.8. The Hall–Kier alpha value is -2.72. The molecule has 0 saturated heterocycles. The molecule has 0 fully saturated rings. The minimum absolute atomic E-state index is 0.0454. The van der Waals surface area contributed by atoms with Gasteiger partial charge in [-0.25, -0.2) is 4.68 Å². The molecule has 1 heterocycles. The van der Waals surface area contributed by atoms with Crippen molar-refractivity contribution in [3.8, 4) is 6.07 Å². The lowest BCUT2D eigenvalue weighted by atomic mass is 10.2. The number of rotatable bonds is 4. The molecule has 0 bridgehead atoms. The highest BCUT2D eigenvalue weighted by Crippen LogP contribution is 2.09. The van der Waals surface area contributed by atoms with Gasteiger partial charge < -0.3 is 11.1 Å². The number of benzene rings is 1. The predicted octanol–water partition coefficient (Wildman–Crippen LogP) is 0.247. The quantitative estimate of drug-likeness (QED) is 0.814. The zero-order valence-corrected chi connectivity index (χ0v) is 10.1. The molecule has 2 rings (SSSR count). The number of anilines is 1. The van der Waals surface area contributed by atoms with Crippen LogP contribution in [-0.2, 0) is 17.9 Å². The fraction of sp³-hybridized carbons (Fsp3) is 0.167. The maximum absolute atomic E-state index is 11.8. The van der Waals surface area contributed by atoms with Crippen molar-refractivity contribution >= 4 is 11.6 Å². The summed E-state index contributed by atoms with van der Waals surface area (Å²) in [5.41, 5.74) is 7.09. The topological polar surface area (TPSA) is 110 Å². The molecular formula is C12H12N6O. The number of carbonyl (C=O) groups excluding carboxylic acids is 1. The summed E-state index contributed by atoms with van der Waals surface area (Å²) in [6.45, 7) is 0.329. The Morgan fingerprint density at radius 2 is 2.37 bits per heavy atom. The fourth-order valence-electron chi connectivity index (χ4n) is 1.52. The Morgan fingerprint density at radius 3 is 3.05 bits per heavy atom. The first-order valence-corrected chi connectivity index (χ1v) is 5.60. The minimum Gasteiger partial charge on any atom is -0.325 e. The van der Waals surface area contributed by atoms with Gasteiger partial charge in [-0.15, -0.1) is 5.10 Å². The molecule has 0 spiro atoms. The molecule has 0 unspecified atom stereocenters. The lowest BCUT2D eigenvalue weighted by molar-refractivity contribution is -0.116. The Bertz CT molecular complexity index is 627. The van der Waals surface area contributed by atoms with Gasteiger partial charge in [-0.2, -0.15) is 5.26 Å². The van der Waals surface area contributed by atoms with Crippen LogP contribution in [0.1, 0.15) is 11.3 Å². The van der Waals surface area contributed by atoms with Crippen LogP contribution in [0.25, 0.3) is 0 Å². The molecule has 2 aromatic rings. The number of amides is 1. The van der Waals surface area contributed by atoms with Crippen LogP contribution in [0.5, 0.6) is 0 Å². The average Bonchev–Trinajstić information content (AvgIpc) is 2.86. The van der Waals surface area contributed by atoms with Crippen molar-refractivity contribution < 1.29 is 4.79 Å². The normalized spacial score (nSPS) is 9.89. The highest BCUT2D eigenvalue weighted by molar-refractivity contribution is 5.90. The molecule has 0 atom stereocenters. The van der Waals surface area contributed by atoms with Crippen molar-refractivity contribution in [2.24, 2.45) is 5.73 Å². The van der Waals surface area contributed by atoms with Gasteiger partial charge in [-0.3, -0.25) is 4.79 Å². The van der Waals surface area contributed by atoms with Gasteiger partial charge in [0.2, 0.25) is 5.91 Å². The molecule has 1 amide bonds. The summed E-state index contributed by atoms with van der Waals surface area (Å²) >= 11 is 0. The number of nitrogens with zero attached hydrogens (tertiary/aromatic N) is 4. The number of nitrogens with two attached hydrogens (primary N) is 1. The van der Waals surface area contributed by atoms with Crippen molar-refractivity contribution in [1.82, 2.24) is 15.0 Å². The van der Waals surface area contributed by atoms with Crippen molar-refractivity contribution in [3.05, 3.63) is 41.7 Å². The highest BCUT2D eigenvalue weighted by atomic mass is 16.2. The van der Waals surface area contributed by atoms with E-state index in [1.54, 1.807) is 30.5 Å². The van der Waals surface area contributed by atoms with Crippen LogP contribution >= 0.6 is 0 Å². The Kier molecular flexibility index (Phi) is 3.85. The molecule has 7 heteroatoms. The van der Waals surface area contributed by atoms with Crippen LogP contribution in [0.15, 0.2) is 30.5 Å². The Labute approximate surface area is 109 Å². The van der Waals surface area contributed by atoms with Crippen molar-refractivity contribution in [3.63, 3.8) is 0 Å². The Morgan fingerprint density at radius 1 is 1.53 bits per heavy atom. The van der Waals surface area contributed by atoms with E-state index >= 15 is 0 Å². The number of carbonyl (C=O) groups is 1. The summed E-state index contributed by atoms with van der Waals surface area (Å²) < 4.78 is 1.41. The molecule has 3 N–H and O–H groups in total. The summed E-state index contributed by atoms with van der Waals surface area (Å²) in [4.78, 5) is 11.8. The SMILES string of the molecule is N#Cc1cccc(NC(=O)Cn2cc(CN)nn2)c1. The fourth-order valence-corrected chi connectivity index (χ4v) is 1.52. The van der Waals surface area contributed by atoms with E-state index in [1.165, 1.54) is 4.68 Å². The molecule has 0 radical (unpaired) electrons. The molecule has 7 nitrogen and oxygen atoms in total. The molecule has 0 aliphatic carbocycles. The third-order valence-corrected chi connectivity index (χ3v) is 2.38. The van der Waals surface area contributed by atoms with Crippen molar-refractivity contribution in [2.45, 2.75) is 13.1 Å². The second kappa shape index (κ2) is 5.75. The molecule has 0 aliphatic rings. The third-order valence-electron chi connectivity index (χ3n) is 2.38. The van der Waals surface area contributed by atoms with Crippen molar-refractivity contribution in [1.29, 1.82) is 5.26 Å². The molecule has 96 valence electrons. The maximum Gasteiger partial charge on any atom is 0.246 e. The van der Waals surface area contributed by atoms with Gasteiger partial charge in [-0.1, -0.05) is 11.3 Å². The van der Waals surface area contributed by atoms with Crippen LogP contribution in [0.2, 0.25) is 0 Å². The largest absolute Gasteiger partial charge is 0.325 e. The van der Waals surface area contributed by atoms with Crippen LogP contribution in [0.4, 0.5) is 5.69 Å². The molecule has 1 aromatic carbocycles. The van der Waals surface area contributed by atoms with E-state index in [1.807, 2.05) is 6.07 Å². The molecule has 19 heavy (non-hydrogen) atoms. The molecular weight excluding hydrogens is 244 g/mol.